The molecule has 0 aromatic carbocycles. The van der Waals surface area contributed by atoms with Crippen LogP contribution in [0.3, 0.4) is 0 Å². The van der Waals surface area contributed by atoms with E-state index in [4.69, 9.17) is 11.6 Å². The van der Waals surface area contributed by atoms with Crippen LogP contribution in [-0.2, 0) is 0 Å². The van der Waals surface area contributed by atoms with Crippen LogP contribution < -0.4 is 0 Å². The van der Waals surface area contributed by atoms with Crippen LogP contribution in [0.5, 0.6) is 0 Å². The third-order valence-electron chi connectivity index (χ3n) is 0.943. The lowest BCUT2D eigenvalue weighted by atomic mass is 10.3. The Bertz CT molecular complexity index is 135. The molecule has 0 saturated heterocycles. The molecule has 0 spiro atoms. The molecule has 0 aromatic heterocycles. The fourth-order valence-corrected chi connectivity index (χ4v) is 0.575. The summed E-state index contributed by atoms with van der Waals surface area (Å²) < 4.78 is 0. The smallest absolute Gasteiger partial charge is 0.0749 e. The van der Waals surface area contributed by atoms with Crippen LogP contribution in [0.4, 0.5) is 0 Å². The first-order valence-electron chi connectivity index (χ1n) is 2.16. The van der Waals surface area contributed by atoms with Crippen molar-refractivity contribution in [1.82, 2.24) is 0 Å². The normalized spacial score (nSPS) is 19.1. The van der Waals surface area contributed by atoms with Crippen LogP contribution in [0.2, 0.25) is 0 Å². The van der Waals surface area contributed by atoms with Crippen molar-refractivity contribution in [2.75, 3.05) is 6.54 Å². The molecule has 1 heterocycles. The van der Waals surface area contributed by atoms with E-state index in [1.54, 1.807) is 6.21 Å². The van der Waals surface area contributed by atoms with Gasteiger partial charge in [0.2, 0.25) is 0 Å². The molecule has 0 atom stereocenters. The molecule has 0 radical (unpaired) electrons. The molecule has 0 amide bonds. The minimum absolute atomic E-state index is 0.688. The predicted octanol–water partition coefficient (Wildman–Crippen LogP) is 1.58. The summed E-state index contributed by atoms with van der Waals surface area (Å²) in [6.07, 6.45) is 1.79. The molecule has 0 N–H and O–H groups in total. The van der Waals surface area contributed by atoms with Gasteiger partial charge in [-0.2, -0.15) is 0 Å². The number of hydrogen-bond acceptors (Lipinski definition) is 1. The summed E-state index contributed by atoms with van der Waals surface area (Å²) in [5.74, 6) is 0. The van der Waals surface area contributed by atoms with Crippen LogP contribution >= 0.6 is 11.6 Å². The van der Waals surface area contributed by atoms with Crippen molar-refractivity contribution >= 4 is 17.8 Å². The molecule has 0 fully saturated rings. The molecular weight excluding hydrogens is 110 g/mol. The lowest BCUT2D eigenvalue weighted by Crippen LogP contribution is -1.72. The molecule has 1 rings (SSSR count). The molecular formula is C5H6ClN. The molecule has 0 unspecified atom stereocenters. The molecule has 7 heavy (non-hydrogen) atoms. The molecule has 0 bridgehead atoms. The van der Waals surface area contributed by atoms with Crippen molar-refractivity contribution in [3.05, 3.63) is 10.6 Å². The highest BCUT2D eigenvalue weighted by Crippen LogP contribution is 2.11. The molecule has 1 aliphatic rings. The Morgan fingerprint density at radius 1 is 1.86 bits per heavy atom. The van der Waals surface area contributed by atoms with Gasteiger partial charge in [0.05, 0.1) is 6.54 Å². The second-order valence-corrected chi connectivity index (χ2v) is 2.01. The Balaban J connectivity index is 2.79. The van der Waals surface area contributed by atoms with E-state index >= 15 is 0 Å². The van der Waals surface area contributed by atoms with Crippen molar-refractivity contribution in [2.24, 2.45) is 4.99 Å². The Morgan fingerprint density at radius 2 is 2.57 bits per heavy atom. The summed E-state index contributed by atoms with van der Waals surface area (Å²) in [6, 6.07) is 0. The number of aliphatic imine (C=N–C) groups is 1. The van der Waals surface area contributed by atoms with Gasteiger partial charge in [0.1, 0.15) is 0 Å². The van der Waals surface area contributed by atoms with E-state index in [1.165, 1.54) is 0 Å². The zero-order valence-corrected chi connectivity index (χ0v) is 4.87. The quantitative estimate of drug-likeness (QED) is 0.455. The average molecular weight is 116 g/mol. The van der Waals surface area contributed by atoms with Crippen molar-refractivity contribution in [1.29, 1.82) is 0 Å². The maximum absolute atomic E-state index is 5.62. The summed E-state index contributed by atoms with van der Waals surface area (Å²) in [6.45, 7) is 2.65. The molecule has 38 valence electrons. The second-order valence-electron chi connectivity index (χ2n) is 1.56. The van der Waals surface area contributed by atoms with Gasteiger partial charge in [0, 0.05) is 11.2 Å². The van der Waals surface area contributed by atoms with E-state index in [-0.39, 0.29) is 0 Å². The first kappa shape index (κ1) is 4.85. The van der Waals surface area contributed by atoms with Gasteiger partial charge in [-0.1, -0.05) is 11.6 Å². The fourth-order valence-electron chi connectivity index (χ4n) is 0.457. The first-order chi connectivity index (χ1) is 3.30. The van der Waals surface area contributed by atoms with Crippen molar-refractivity contribution in [2.45, 2.75) is 6.92 Å². The second kappa shape index (κ2) is 1.66. The van der Waals surface area contributed by atoms with Crippen LogP contribution in [-0.4, -0.2) is 12.8 Å². The zero-order chi connectivity index (χ0) is 5.28. The standard InChI is InChI=1S/C5H6ClN/c1-4-2-7-3-5(4)6/h2H,3H2,1H3. The number of halogens is 1. The zero-order valence-electron chi connectivity index (χ0n) is 4.11. The minimum Gasteiger partial charge on any atom is -0.287 e. The number of nitrogens with zero attached hydrogens (tertiary/aromatic N) is 1. The van der Waals surface area contributed by atoms with Gasteiger partial charge in [-0.15, -0.1) is 0 Å². The minimum atomic E-state index is 0.688. The number of rotatable bonds is 0. The molecule has 0 saturated carbocycles. The van der Waals surface area contributed by atoms with Gasteiger partial charge in [-0.25, -0.2) is 0 Å². The Morgan fingerprint density at radius 3 is 2.71 bits per heavy atom. The van der Waals surface area contributed by atoms with Gasteiger partial charge in [-0.3, -0.25) is 4.99 Å². The highest BCUT2D eigenvalue weighted by molar-refractivity contribution is 6.32. The van der Waals surface area contributed by atoms with Crippen molar-refractivity contribution in [3.63, 3.8) is 0 Å². The third kappa shape index (κ3) is 0.829. The van der Waals surface area contributed by atoms with Gasteiger partial charge >= 0.3 is 0 Å². The molecule has 0 aliphatic carbocycles. The van der Waals surface area contributed by atoms with E-state index in [0.29, 0.717) is 6.54 Å². The molecule has 1 nitrogen and oxygen atoms in total. The van der Waals surface area contributed by atoms with E-state index in [1.807, 2.05) is 6.92 Å². The predicted molar refractivity (Wildman–Crippen MR) is 31.9 cm³/mol. The van der Waals surface area contributed by atoms with Gasteiger partial charge < -0.3 is 0 Å². The SMILES string of the molecule is CC1=C(Cl)CN=C1. The van der Waals surface area contributed by atoms with Crippen LogP contribution in [0, 0.1) is 0 Å². The Kier molecular flexibility index (Phi) is 1.15. The van der Waals surface area contributed by atoms with Crippen LogP contribution in [0.15, 0.2) is 15.6 Å². The fraction of sp³-hybridized carbons (Fsp3) is 0.400. The van der Waals surface area contributed by atoms with Gasteiger partial charge in [0.15, 0.2) is 0 Å². The van der Waals surface area contributed by atoms with E-state index in [0.717, 1.165) is 10.6 Å². The van der Waals surface area contributed by atoms with Crippen molar-refractivity contribution in [3.8, 4) is 0 Å². The summed E-state index contributed by atoms with van der Waals surface area (Å²) in [5.41, 5.74) is 1.10. The highest BCUT2D eigenvalue weighted by Gasteiger charge is 1.99. The molecule has 1 aliphatic heterocycles. The summed E-state index contributed by atoms with van der Waals surface area (Å²) in [4.78, 5) is 3.91. The monoisotopic (exact) mass is 115 g/mol. The van der Waals surface area contributed by atoms with Gasteiger partial charge in [0.25, 0.3) is 0 Å². The number of allylic oxidation sites excluding steroid dienone is 1. The van der Waals surface area contributed by atoms with Crippen LogP contribution in [0.25, 0.3) is 0 Å². The first-order valence-corrected chi connectivity index (χ1v) is 2.53. The Labute approximate surface area is 47.7 Å². The summed E-state index contributed by atoms with van der Waals surface area (Å²) >= 11 is 5.62. The van der Waals surface area contributed by atoms with E-state index in [9.17, 15) is 0 Å². The molecule has 2 heteroatoms. The topological polar surface area (TPSA) is 12.4 Å². The summed E-state index contributed by atoms with van der Waals surface area (Å²) in [5, 5.41) is 0.875. The maximum Gasteiger partial charge on any atom is 0.0749 e. The number of hydrogen-bond donors (Lipinski definition) is 0. The summed E-state index contributed by atoms with van der Waals surface area (Å²) in [7, 11) is 0. The Hall–Kier alpha value is -0.300. The lowest BCUT2D eigenvalue weighted by Gasteiger charge is -1.82. The largest absolute Gasteiger partial charge is 0.287 e. The lowest BCUT2D eigenvalue weighted by molar-refractivity contribution is 1.26. The maximum atomic E-state index is 5.62. The average Bonchev–Trinajstić information content (AvgIpc) is 1.91. The van der Waals surface area contributed by atoms with Gasteiger partial charge in [-0.05, 0) is 12.5 Å². The highest BCUT2D eigenvalue weighted by atomic mass is 35.5. The van der Waals surface area contributed by atoms with Crippen molar-refractivity contribution < 1.29 is 0 Å². The van der Waals surface area contributed by atoms with Crippen LogP contribution in [0.1, 0.15) is 6.92 Å². The molecule has 0 aromatic rings. The third-order valence-corrected chi connectivity index (χ3v) is 1.36. The van der Waals surface area contributed by atoms with E-state index < -0.39 is 0 Å². The van der Waals surface area contributed by atoms with E-state index in [2.05, 4.69) is 4.99 Å².